The van der Waals surface area contributed by atoms with Gasteiger partial charge in [0, 0.05) is 19.0 Å². The number of nitrogens with zero attached hydrogens (tertiary/aromatic N) is 1. The number of carbonyl (C=O) groups excluding carboxylic acids is 1. The largest absolute Gasteiger partial charge is 0.367 e. The second kappa shape index (κ2) is 4.12. The zero-order chi connectivity index (χ0) is 11.7. The summed E-state index contributed by atoms with van der Waals surface area (Å²) >= 11 is 0. The van der Waals surface area contributed by atoms with E-state index >= 15 is 0 Å². The van der Waals surface area contributed by atoms with Crippen molar-refractivity contribution in [3.8, 4) is 0 Å². The third kappa shape index (κ3) is 1.87. The quantitative estimate of drug-likeness (QED) is 0.791. The lowest BCUT2D eigenvalue weighted by molar-refractivity contribution is -0.116. The molecule has 1 N–H and O–H groups in total. The molecule has 1 amide bonds. The third-order valence-electron chi connectivity index (χ3n) is 2.90. The van der Waals surface area contributed by atoms with Crippen LogP contribution < -0.4 is 10.2 Å². The summed E-state index contributed by atoms with van der Waals surface area (Å²) in [6.45, 7) is 4.73. The summed E-state index contributed by atoms with van der Waals surface area (Å²) in [5, 5.41) is 2.80. The van der Waals surface area contributed by atoms with E-state index in [1.54, 1.807) is 6.07 Å². The Morgan fingerprint density at radius 3 is 3.00 bits per heavy atom. The van der Waals surface area contributed by atoms with E-state index in [0.29, 0.717) is 12.1 Å². The second-order valence-electron chi connectivity index (χ2n) is 4.05. The Labute approximate surface area is 94.3 Å². The zero-order valence-corrected chi connectivity index (χ0v) is 9.46. The summed E-state index contributed by atoms with van der Waals surface area (Å²) in [7, 11) is 0. The van der Waals surface area contributed by atoms with E-state index in [1.807, 2.05) is 18.7 Å². The molecule has 0 saturated carbocycles. The molecule has 1 aliphatic heterocycles. The number of hydrogen-bond donors (Lipinski definition) is 1. The van der Waals surface area contributed by atoms with Crippen LogP contribution in [0.4, 0.5) is 15.8 Å². The van der Waals surface area contributed by atoms with Gasteiger partial charge >= 0.3 is 0 Å². The predicted molar refractivity (Wildman–Crippen MR) is 62.1 cm³/mol. The van der Waals surface area contributed by atoms with Gasteiger partial charge in [0.05, 0.1) is 11.4 Å². The maximum Gasteiger partial charge on any atom is 0.226 e. The van der Waals surface area contributed by atoms with Crippen molar-refractivity contribution in [2.75, 3.05) is 16.8 Å². The van der Waals surface area contributed by atoms with Crippen LogP contribution in [0, 0.1) is 5.82 Å². The molecule has 3 nitrogen and oxygen atoms in total. The summed E-state index contributed by atoms with van der Waals surface area (Å²) in [4.78, 5) is 13.6. The van der Waals surface area contributed by atoms with Gasteiger partial charge in [-0.3, -0.25) is 4.79 Å². The van der Waals surface area contributed by atoms with Crippen LogP contribution in [0.3, 0.4) is 0 Å². The topological polar surface area (TPSA) is 32.3 Å². The van der Waals surface area contributed by atoms with Gasteiger partial charge in [-0.25, -0.2) is 4.39 Å². The number of amides is 1. The normalized spacial score (nSPS) is 20.1. The van der Waals surface area contributed by atoms with E-state index in [4.69, 9.17) is 0 Å². The summed E-state index contributed by atoms with van der Waals surface area (Å²) in [6, 6.07) is 4.54. The first-order chi connectivity index (χ1) is 7.61. The summed E-state index contributed by atoms with van der Waals surface area (Å²) in [5.41, 5.74) is 1.46. The lowest BCUT2D eigenvalue weighted by atomic mass is 10.2. The molecule has 0 saturated heterocycles. The van der Waals surface area contributed by atoms with Crippen molar-refractivity contribution in [3.05, 3.63) is 24.0 Å². The number of anilines is 2. The second-order valence-corrected chi connectivity index (χ2v) is 4.05. The highest BCUT2D eigenvalue weighted by molar-refractivity contribution is 5.96. The smallest absolute Gasteiger partial charge is 0.226 e. The van der Waals surface area contributed by atoms with E-state index in [0.717, 1.165) is 12.2 Å². The van der Waals surface area contributed by atoms with Crippen LogP contribution in [0.15, 0.2) is 18.2 Å². The zero-order valence-electron chi connectivity index (χ0n) is 9.46. The molecule has 0 spiro atoms. The molecule has 0 radical (unpaired) electrons. The third-order valence-corrected chi connectivity index (χ3v) is 2.90. The Kier molecular flexibility index (Phi) is 2.81. The minimum atomic E-state index is -0.277. The Balaban J connectivity index is 2.50. The summed E-state index contributed by atoms with van der Waals surface area (Å²) < 4.78 is 13.2. The number of carbonyl (C=O) groups is 1. The van der Waals surface area contributed by atoms with Crippen LogP contribution in [0.5, 0.6) is 0 Å². The highest BCUT2D eigenvalue weighted by atomic mass is 19.1. The molecular formula is C12H15FN2O. The Hall–Kier alpha value is -1.58. The predicted octanol–water partition coefficient (Wildman–Crippen LogP) is 2.38. The molecule has 1 aromatic carbocycles. The molecule has 2 rings (SSSR count). The van der Waals surface area contributed by atoms with Crippen molar-refractivity contribution in [3.63, 3.8) is 0 Å². The number of fused-ring (bicyclic) bond motifs is 1. The van der Waals surface area contributed by atoms with Gasteiger partial charge in [0.2, 0.25) is 5.91 Å². The van der Waals surface area contributed by atoms with Crippen molar-refractivity contribution in [2.45, 2.75) is 26.3 Å². The molecule has 0 bridgehead atoms. The standard InChI is InChI=1S/C12H15FN2O/c1-3-15-8(2)6-12(16)14-10-5-4-9(13)7-11(10)15/h4-5,7-8H,3,6H2,1-2H3,(H,14,16). The summed E-state index contributed by atoms with van der Waals surface area (Å²) in [6.07, 6.45) is 0.435. The first kappa shape index (κ1) is 10.9. The van der Waals surface area contributed by atoms with Crippen LogP contribution in [0.1, 0.15) is 20.3 Å². The molecule has 16 heavy (non-hydrogen) atoms. The van der Waals surface area contributed by atoms with E-state index in [-0.39, 0.29) is 17.8 Å². The van der Waals surface area contributed by atoms with Crippen LogP contribution in [-0.2, 0) is 4.79 Å². The molecular weight excluding hydrogens is 207 g/mol. The summed E-state index contributed by atoms with van der Waals surface area (Å²) in [5.74, 6) is -0.295. The van der Waals surface area contributed by atoms with Gasteiger partial charge in [-0.2, -0.15) is 0 Å². The fourth-order valence-electron chi connectivity index (χ4n) is 2.15. The number of benzene rings is 1. The SMILES string of the molecule is CCN1c2cc(F)ccc2NC(=O)CC1C. The van der Waals surface area contributed by atoms with Gasteiger partial charge in [0.1, 0.15) is 5.82 Å². The highest BCUT2D eigenvalue weighted by Crippen LogP contribution is 2.31. The van der Waals surface area contributed by atoms with Gasteiger partial charge in [-0.15, -0.1) is 0 Å². The Morgan fingerprint density at radius 2 is 2.31 bits per heavy atom. The number of rotatable bonds is 1. The number of hydrogen-bond acceptors (Lipinski definition) is 2. The van der Waals surface area contributed by atoms with Gasteiger partial charge in [-0.1, -0.05) is 0 Å². The van der Waals surface area contributed by atoms with Crippen LogP contribution in [0.2, 0.25) is 0 Å². The Morgan fingerprint density at radius 1 is 1.56 bits per heavy atom. The molecule has 86 valence electrons. The molecule has 0 aliphatic carbocycles. The first-order valence-corrected chi connectivity index (χ1v) is 5.48. The van der Waals surface area contributed by atoms with E-state index < -0.39 is 0 Å². The Bertz CT molecular complexity index is 419. The van der Waals surface area contributed by atoms with Crippen LogP contribution >= 0.6 is 0 Å². The average Bonchev–Trinajstić information content (AvgIpc) is 2.33. The van der Waals surface area contributed by atoms with Gasteiger partial charge < -0.3 is 10.2 Å². The molecule has 4 heteroatoms. The fourth-order valence-corrected chi connectivity index (χ4v) is 2.15. The fraction of sp³-hybridized carbons (Fsp3) is 0.417. The molecule has 0 aromatic heterocycles. The van der Waals surface area contributed by atoms with Gasteiger partial charge in [0.15, 0.2) is 0 Å². The van der Waals surface area contributed by atoms with Crippen molar-refractivity contribution >= 4 is 17.3 Å². The lowest BCUT2D eigenvalue weighted by Crippen LogP contribution is -2.33. The minimum absolute atomic E-state index is 0.0173. The van der Waals surface area contributed by atoms with Crippen molar-refractivity contribution < 1.29 is 9.18 Å². The average molecular weight is 222 g/mol. The molecule has 1 unspecified atom stereocenters. The van der Waals surface area contributed by atoms with E-state index in [9.17, 15) is 9.18 Å². The molecule has 1 aromatic rings. The molecule has 1 aliphatic rings. The first-order valence-electron chi connectivity index (χ1n) is 5.48. The highest BCUT2D eigenvalue weighted by Gasteiger charge is 2.24. The van der Waals surface area contributed by atoms with E-state index in [1.165, 1.54) is 12.1 Å². The lowest BCUT2D eigenvalue weighted by Gasteiger charge is -2.28. The van der Waals surface area contributed by atoms with Crippen LogP contribution in [-0.4, -0.2) is 18.5 Å². The van der Waals surface area contributed by atoms with Gasteiger partial charge in [0.25, 0.3) is 0 Å². The number of halogens is 1. The van der Waals surface area contributed by atoms with E-state index in [2.05, 4.69) is 5.32 Å². The maximum absolute atomic E-state index is 13.2. The van der Waals surface area contributed by atoms with Gasteiger partial charge in [-0.05, 0) is 32.0 Å². The maximum atomic E-state index is 13.2. The number of nitrogens with one attached hydrogen (secondary N) is 1. The molecule has 0 fully saturated rings. The van der Waals surface area contributed by atoms with Crippen LogP contribution in [0.25, 0.3) is 0 Å². The molecule has 1 atom stereocenters. The molecule has 1 heterocycles. The minimum Gasteiger partial charge on any atom is -0.367 e. The monoisotopic (exact) mass is 222 g/mol. The van der Waals surface area contributed by atoms with Crippen molar-refractivity contribution in [1.82, 2.24) is 0 Å². The van der Waals surface area contributed by atoms with Crippen molar-refractivity contribution in [1.29, 1.82) is 0 Å². The van der Waals surface area contributed by atoms with Crippen molar-refractivity contribution in [2.24, 2.45) is 0 Å².